The Morgan fingerprint density at radius 2 is 2.13 bits per heavy atom. The van der Waals surface area contributed by atoms with Gasteiger partial charge in [-0.3, -0.25) is 4.98 Å². The Labute approximate surface area is 137 Å². The minimum absolute atomic E-state index is 0.257. The van der Waals surface area contributed by atoms with Gasteiger partial charge in [0, 0.05) is 38.2 Å². The highest BCUT2D eigenvalue weighted by Crippen LogP contribution is 2.47. The van der Waals surface area contributed by atoms with E-state index in [2.05, 4.69) is 41.4 Å². The second kappa shape index (κ2) is 6.81. The maximum atomic E-state index is 5.28. The Balaban J connectivity index is 1.51. The molecule has 23 heavy (non-hydrogen) atoms. The van der Waals surface area contributed by atoms with E-state index in [0.29, 0.717) is 18.6 Å². The van der Waals surface area contributed by atoms with Gasteiger partial charge in [-0.05, 0) is 41.9 Å². The van der Waals surface area contributed by atoms with Crippen LogP contribution >= 0.6 is 0 Å². The zero-order chi connectivity index (χ0) is 16.3. The summed E-state index contributed by atoms with van der Waals surface area (Å²) in [5.41, 5.74) is 2.57. The summed E-state index contributed by atoms with van der Waals surface area (Å²) in [4.78, 5) is 4.06. The number of rotatable bonds is 7. The molecule has 3 rings (SSSR count). The number of nitrogens with one attached hydrogen (secondary N) is 1. The molecule has 0 radical (unpaired) electrons. The van der Waals surface area contributed by atoms with E-state index in [1.54, 1.807) is 7.11 Å². The van der Waals surface area contributed by atoms with Crippen LogP contribution in [0, 0.1) is 11.3 Å². The fourth-order valence-electron chi connectivity index (χ4n) is 3.37. The van der Waals surface area contributed by atoms with Crippen molar-refractivity contribution in [2.75, 3.05) is 7.11 Å². The molecule has 1 fully saturated rings. The lowest BCUT2D eigenvalue weighted by Crippen LogP contribution is -2.57. The Kier molecular flexibility index (Phi) is 4.78. The molecule has 1 saturated carbocycles. The fraction of sp³-hybridized carbons (Fsp3) is 0.556. The molecule has 2 aromatic heterocycles. The molecule has 1 N–H and O–H groups in total. The van der Waals surface area contributed by atoms with E-state index in [1.165, 1.54) is 12.0 Å². The topological polar surface area (TPSA) is 60.2 Å². The monoisotopic (exact) mass is 315 g/mol. The standard InChI is InChI=1S/C18H25N3O2/c1-18(2)14(8-15-10-16(12-22-3)23-21-15)9-17(18)20-11-13-4-6-19-7-5-13/h4-7,10,14,17,20H,8-9,11-12H2,1-3H3. The molecule has 2 heterocycles. The molecule has 124 valence electrons. The first-order valence-corrected chi connectivity index (χ1v) is 8.15. The molecule has 0 saturated heterocycles. The predicted octanol–water partition coefficient (Wildman–Crippen LogP) is 2.96. The van der Waals surface area contributed by atoms with Gasteiger partial charge >= 0.3 is 0 Å². The molecule has 1 aliphatic rings. The fourth-order valence-corrected chi connectivity index (χ4v) is 3.37. The molecule has 2 atom stereocenters. The molecule has 2 aromatic rings. The summed E-state index contributed by atoms with van der Waals surface area (Å²) in [6.07, 6.45) is 5.82. The quantitative estimate of drug-likeness (QED) is 0.851. The van der Waals surface area contributed by atoms with E-state index >= 15 is 0 Å². The van der Waals surface area contributed by atoms with Gasteiger partial charge in [0.15, 0.2) is 5.76 Å². The summed E-state index contributed by atoms with van der Waals surface area (Å²) in [7, 11) is 1.66. The van der Waals surface area contributed by atoms with Crippen molar-refractivity contribution >= 4 is 0 Å². The van der Waals surface area contributed by atoms with E-state index in [-0.39, 0.29) is 5.41 Å². The third kappa shape index (κ3) is 3.62. The average Bonchev–Trinajstić information content (AvgIpc) is 2.99. The third-order valence-corrected chi connectivity index (χ3v) is 5.12. The highest BCUT2D eigenvalue weighted by Gasteiger charge is 2.47. The minimum Gasteiger partial charge on any atom is -0.377 e. The summed E-state index contributed by atoms with van der Waals surface area (Å²) in [6, 6.07) is 6.66. The summed E-state index contributed by atoms with van der Waals surface area (Å²) in [6.45, 7) is 6.05. The normalized spacial score (nSPS) is 22.7. The van der Waals surface area contributed by atoms with Crippen LogP contribution in [-0.4, -0.2) is 23.3 Å². The van der Waals surface area contributed by atoms with Crippen molar-refractivity contribution in [1.82, 2.24) is 15.5 Å². The SMILES string of the molecule is COCc1cc(CC2CC(NCc3ccncc3)C2(C)C)no1. The third-order valence-electron chi connectivity index (χ3n) is 5.12. The van der Waals surface area contributed by atoms with Gasteiger partial charge in [-0.25, -0.2) is 0 Å². The van der Waals surface area contributed by atoms with E-state index in [4.69, 9.17) is 9.26 Å². The first-order chi connectivity index (χ1) is 11.1. The van der Waals surface area contributed by atoms with Crippen molar-refractivity contribution in [3.05, 3.63) is 47.6 Å². The molecule has 5 heteroatoms. The zero-order valence-electron chi connectivity index (χ0n) is 14.1. The Hall–Kier alpha value is -1.72. The second-order valence-corrected chi connectivity index (χ2v) is 6.96. The van der Waals surface area contributed by atoms with Crippen molar-refractivity contribution < 1.29 is 9.26 Å². The van der Waals surface area contributed by atoms with Crippen molar-refractivity contribution in [1.29, 1.82) is 0 Å². The molecule has 0 spiro atoms. The molecule has 0 bridgehead atoms. The van der Waals surface area contributed by atoms with Crippen LogP contribution in [0.4, 0.5) is 0 Å². The molecule has 2 unspecified atom stereocenters. The van der Waals surface area contributed by atoms with Crippen LogP contribution in [0.2, 0.25) is 0 Å². The number of ether oxygens (including phenoxy) is 1. The predicted molar refractivity (Wildman–Crippen MR) is 87.7 cm³/mol. The molecule has 1 aliphatic carbocycles. The lowest BCUT2D eigenvalue weighted by molar-refractivity contribution is 0.0125. The van der Waals surface area contributed by atoms with Gasteiger partial charge < -0.3 is 14.6 Å². The lowest BCUT2D eigenvalue weighted by Gasteiger charge is -2.52. The van der Waals surface area contributed by atoms with Gasteiger partial charge in [0.05, 0.1) is 5.69 Å². The van der Waals surface area contributed by atoms with Crippen LogP contribution < -0.4 is 5.32 Å². The van der Waals surface area contributed by atoms with Crippen molar-refractivity contribution in [3.63, 3.8) is 0 Å². The maximum Gasteiger partial charge on any atom is 0.162 e. The number of hydrogen-bond donors (Lipinski definition) is 1. The highest BCUT2D eigenvalue weighted by molar-refractivity contribution is 5.13. The van der Waals surface area contributed by atoms with Crippen LogP contribution in [0.5, 0.6) is 0 Å². The van der Waals surface area contributed by atoms with Crippen molar-refractivity contribution in [2.24, 2.45) is 11.3 Å². The maximum absolute atomic E-state index is 5.28. The average molecular weight is 315 g/mol. The van der Waals surface area contributed by atoms with Crippen molar-refractivity contribution in [2.45, 2.75) is 45.9 Å². The molecule has 0 aromatic carbocycles. The number of nitrogens with zero attached hydrogens (tertiary/aromatic N) is 2. The number of pyridine rings is 1. The van der Waals surface area contributed by atoms with Gasteiger partial charge in [0.2, 0.25) is 0 Å². The summed E-state index contributed by atoms with van der Waals surface area (Å²) >= 11 is 0. The Bertz CT molecular complexity index is 624. The van der Waals surface area contributed by atoms with Crippen LogP contribution in [0.15, 0.2) is 35.1 Å². The second-order valence-electron chi connectivity index (χ2n) is 6.96. The summed E-state index contributed by atoms with van der Waals surface area (Å²) < 4.78 is 10.3. The van der Waals surface area contributed by atoms with Crippen LogP contribution in [0.25, 0.3) is 0 Å². The molecular formula is C18H25N3O2. The zero-order valence-corrected chi connectivity index (χ0v) is 14.1. The molecule has 5 nitrogen and oxygen atoms in total. The summed E-state index contributed by atoms with van der Waals surface area (Å²) in [5.74, 6) is 1.42. The first-order valence-electron chi connectivity index (χ1n) is 8.15. The Morgan fingerprint density at radius 3 is 2.83 bits per heavy atom. The van der Waals surface area contributed by atoms with Gasteiger partial charge in [-0.2, -0.15) is 0 Å². The lowest BCUT2D eigenvalue weighted by atomic mass is 9.57. The van der Waals surface area contributed by atoms with E-state index in [1.807, 2.05) is 18.5 Å². The van der Waals surface area contributed by atoms with Crippen LogP contribution in [0.3, 0.4) is 0 Å². The minimum atomic E-state index is 0.257. The highest BCUT2D eigenvalue weighted by atomic mass is 16.5. The largest absolute Gasteiger partial charge is 0.377 e. The van der Waals surface area contributed by atoms with Crippen molar-refractivity contribution in [3.8, 4) is 0 Å². The molecule has 0 amide bonds. The van der Waals surface area contributed by atoms with E-state index < -0.39 is 0 Å². The van der Waals surface area contributed by atoms with Gasteiger partial charge in [-0.15, -0.1) is 0 Å². The van der Waals surface area contributed by atoms with Gasteiger partial charge in [-0.1, -0.05) is 19.0 Å². The van der Waals surface area contributed by atoms with Crippen LogP contribution in [-0.2, 0) is 24.3 Å². The van der Waals surface area contributed by atoms with Gasteiger partial charge in [0.1, 0.15) is 6.61 Å². The molecular weight excluding hydrogens is 290 g/mol. The Morgan fingerprint density at radius 1 is 1.35 bits per heavy atom. The van der Waals surface area contributed by atoms with Gasteiger partial charge in [0.25, 0.3) is 0 Å². The smallest absolute Gasteiger partial charge is 0.162 e. The number of methoxy groups -OCH3 is 1. The molecule has 0 aliphatic heterocycles. The van der Waals surface area contributed by atoms with E-state index in [9.17, 15) is 0 Å². The van der Waals surface area contributed by atoms with E-state index in [0.717, 1.165) is 24.4 Å². The van der Waals surface area contributed by atoms with Crippen LogP contribution in [0.1, 0.15) is 37.3 Å². The number of aromatic nitrogens is 2. The number of hydrogen-bond acceptors (Lipinski definition) is 5. The summed E-state index contributed by atoms with van der Waals surface area (Å²) in [5, 5.41) is 7.83. The first kappa shape index (κ1) is 16.1.